The second-order valence-electron chi connectivity index (χ2n) is 8.25. The van der Waals surface area contributed by atoms with Crippen LogP contribution in [-0.4, -0.2) is 71.7 Å². The number of ether oxygens (including phenoxy) is 1. The zero-order valence-corrected chi connectivity index (χ0v) is 19.4. The number of carbonyl (C=O) groups is 1. The van der Waals surface area contributed by atoms with Crippen LogP contribution < -0.4 is 14.9 Å². The van der Waals surface area contributed by atoms with Crippen molar-refractivity contribution in [2.24, 2.45) is 0 Å². The van der Waals surface area contributed by atoms with Crippen LogP contribution in [0.5, 0.6) is 0 Å². The number of amides is 1. The fourth-order valence-corrected chi connectivity index (χ4v) is 5.48. The maximum Gasteiger partial charge on any atom is 0.262 e. The van der Waals surface area contributed by atoms with Crippen LogP contribution in [0.3, 0.4) is 0 Å². The molecule has 4 rings (SSSR count). The molecule has 2 aromatic rings. The van der Waals surface area contributed by atoms with Gasteiger partial charge in [0.1, 0.15) is 0 Å². The molecule has 32 heavy (non-hydrogen) atoms. The van der Waals surface area contributed by atoms with Crippen molar-refractivity contribution in [3.63, 3.8) is 0 Å². The van der Waals surface area contributed by atoms with Gasteiger partial charge in [0.05, 0.1) is 23.7 Å². The summed E-state index contributed by atoms with van der Waals surface area (Å²) >= 11 is 0. The SMILES string of the molecule is Cc1ccc(C)c(S(=O)(=O)Nc2ccc(N3CCNCC3)c(C(=O)N3CCOCC3)c2)c1. The van der Waals surface area contributed by atoms with Crippen molar-refractivity contribution in [3.8, 4) is 0 Å². The van der Waals surface area contributed by atoms with Crippen LogP contribution in [0, 0.1) is 13.8 Å². The molecule has 0 atom stereocenters. The van der Waals surface area contributed by atoms with Crippen LogP contribution in [0.1, 0.15) is 21.5 Å². The van der Waals surface area contributed by atoms with Gasteiger partial charge in [-0.2, -0.15) is 0 Å². The van der Waals surface area contributed by atoms with Gasteiger partial charge in [-0.25, -0.2) is 8.42 Å². The Labute approximate surface area is 189 Å². The first kappa shape index (κ1) is 22.6. The van der Waals surface area contributed by atoms with Crippen LogP contribution in [0.2, 0.25) is 0 Å². The monoisotopic (exact) mass is 458 g/mol. The molecule has 9 heteroatoms. The number of anilines is 2. The van der Waals surface area contributed by atoms with Crippen molar-refractivity contribution in [2.45, 2.75) is 18.7 Å². The summed E-state index contributed by atoms with van der Waals surface area (Å²) in [7, 11) is -3.79. The van der Waals surface area contributed by atoms with E-state index in [4.69, 9.17) is 4.74 Å². The van der Waals surface area contributed by atoms with Gasteiger partial charge in [-0.3, -0.25) is 9.52 Å². The third kappa shape index (κ3) is 4.90. The molecule has 2 saturated heterocycles. The van der Waals surface area contributed by atoms with Gasteiger partial charge in [-0.15, -0.1) is 0 Å². The topological polar surface area (TPSA) is 91.0 Å². The van der Waals surface area contributed by atoms with E-state index in [2.05, 4.69) is 14.9 Å². The summed E-state index contributed by atoms with van der Waals surface area (Å²) in [5, 5.41) is 3.32. The lowest BCUT2D eigenvalue weighted by Crippen LogP contribution is -2.45. The predicted octanol–water partition coefficient (Wildman–Crippen LogP) is 1.99. The number of aryl methyl sites for hydroxylation is 2. The van der Waals surface area contributed by atoms with Crippen LogP contribution in [0.4, 0.5) is 11.4 Å². The van der Waals surface area contributed by atoms with Crippen LogP contribution in [0.25, 0.3) is 0 Å². The van der Waals surface area contributed by atoms with E-state index in [9.17, 15) is 13.2 Å². The minimum absolute atomic E-state index is 0.102. The number of hydrogen-bond donors (Lipinski definition) is 2. The largest absolute Gasteiger partial charge is 0.378 e. The molecule has 0 saturated carbocycles. The number of hydrogen-bond acceptors (Lipinski definition) is 6. The quantitative estimate of drug-likeness (QED) is 0.712. The lowest BCUT2D eigenvalue weighted by atomic mass is 10.1. The van der Waals surface area contributed by atoms with Crippen molar-refractivity contribution in [2.75, 3.05) is 62.1 Å². The second-order valence-corrected chi connectivity index (χ2v) is 9.90. The Morgan fingerprint density at radius 3 is 2.44 bits per heavy atom. The normalized spacial score (nSPS) is 17.3. The Bertz CT molecular complexity index is 1090. The summed E-state index contributed by atoms with van der Waals surface area (Å²) < 4.78 is 34.3. The molecule has 2 heterocycles. The Morgan fingerprint density at radius 2 is 1.72 bits per heavy atom. The third-order valence-electron chi connectivity index (χ3n) is 5.87. The Balaban J connectivity index is 1.68. The van der Waals surface area contributed by atoms with Crippen LogP contribution in [0.15, 0.2) is 41.3 Å². The predicted molar refractivity (Wildman–Crippen MR) is 125 cm³/mol. The van der Waals surface area contributed by atoms with Crippen molar-refractivity contribution >= 4 is 27.3 Å². The van der Waals surface area contributed by atoms with E-state index in [-0.39, 0.29) is 10.8 Å². The van der Waals surface area contributed by atoms with Gasteiger partial charge >= 0.3 is 0 Å². The van der Waals surface area contributed by atoms with Crippen LogP contribution in [-0.2, 0) is 14.8 Å². The summed E-state index contributed by atoms with van der Waals surface area (Å²) in [4.78, 5) is 17.6. The molecular weight excluding hydrogens is 428 g/mol. The minimum atomic E-state index is -3.79. The molecular formula is C23H30N4O4S. The number of piperazine rings is 1. The molecule has 0 aromatic heterocycles. The number of carbonyl (C=O) groups excluding carboxylic acids is 1. The summed E-state index contributed by atoms with van der Waals surface area (Å²) in [5.41, 5.74) is 3.26. The molecule has 2 aliphatic rings. The highest BCUT2D eigenvalue weighted by Gasteiger charge is 2.26. The van der Waals surface area contributed by atoms with Gasteiger partial charge in [0.15, 0.2) is 0 Å². The molecule has 0 unspecified atom stereocenters. The molecule has 0 aliphatic carbocycles. The average molecular weight is 459 g/mol. The lowest BCUT2D eigenvalue weighted by molar-refractivity contribution is 0.0303. The number of sulfonamides is 1. The highest BCUT2D eigenvalue weighted by atomic mass is 32.2. The standard InChI is InChI=1S/C23H30N4O4S/c1-17-3-4-18(2)22(15-17)32(29,30)25-19-5-6-21(26-9-7-24-8-10-26)20(16-19)23(28)27-11-13-31-14-12-27/h3-6,15-16,24-25H,7-14H2,1-2H3. The molecule has 1 amide bonds. The molecule has 0 bridgehead atoms. The fourth-order valence-electron chi connectivity index (χ4n) is 4.10. The van der Waals surface area contributed by atoms with Crippen molar-refractivity contribution in [1.82, 2.24) is 10.2 Å². The first-order chi connectivity index (χ1) is 15.3. The fraction of sp³-hybridized carbons (Fsp3) is 0.435. The third-order valence-corrected chi connectivity index (χ3v) is 7.39. The maximum atomic E-state index is 13.4. The van der Waals surface area contributed by atoms with E-state index in [0.29, 0.717) is 43.1 Å². The van der Waals surface area contributed by atoms with E-state index in [1.54, 1.807) is 36.1 Å². The maximum absolute atomic E-state index is 13.4. The highest BCUT2D eigenvalue weighted by Crippen LogP contribution is 2.28. The minimum Gasteiger partial charge on any atom is -0.378 e. The molecule has 0 spiro atoms. The van der Waals surface area contributed by atoms with E-state index in [1.165, 1.54) is 0 Å². The van der Waals surface area contributed by atoms with Gasteiger partial charge in [0.25, 0.3) is 15.9 Å². The molecule has 2 fully saturated rings. The van der Waals surface area contributed by atoms with Gasteiger partial charge in [-0.05, 0) is 49.2 Å². The number of benzene rings is 2. The first-order valence-electron chi connectivity index (χ1n) is 10.9. The molecule has 8 nitrogen and oxygen atoms in total. The van der Waals surface area contributed by atoms with E-state index in [0.717, 1.165) is 37.4 Å². The Morgan fingerprint density at radius 1 is 1.00 bits per heavy atom. The number of rotatable bonds is 5. The summed E-state index contributed by atoms with van der Waals surface area (Å²) in [6.45, 7) is 8.96. The van der Waals surface area contributed by atoms with Gasteiger partial charge in [-0.1, -0.05) is 12.1 Å². The molecule has 0 radical (unpaired) electrons. The number of nitrogens with one attached hydrogen (secondary N) is 2. The van der Waals surface area contributed by atoms with Gasteiger partial charge in [0.2, 0.25) is 0 Å². The van der Waals surface area contributed by atoms with E-state index < -0.39 is 10.0 Å². The molecule has 2 aromatic carbocycles. The number of nitrogens with zero attached hydrogens (tertiary/aromatic N) is 2. The van der Waals surface area contributed by atoms with Gasteiger partial charge in [0, 0.05) is 50.6 Å². The van der Waals surface area contributed by atoms with E-state index >= 15 is 0 Å². The summed E-state index contributed by atoms with van der Waals surface area (Å²) in [6.07, 6.45) is 0. The van der Waals surface area contributed by atoms with E-state index in [1.807, 2.05) is 19.1 Å². The molecule has 172 valence electrons. The lowest BCUT2D eigenvalue weighted by Gasteiger charge is -2.33. The second kappa shape index (κ2) is 9.48. The Kier molecular flexibility index (Phi) is 6.68. The van der Waals surface area contributed by atoms with Crippen LogP contribution >= 0.6 is 0 Å². The summed E-state index contributed by atoms with van der Waals surface area (Å²) in [5.74, 6) is -0.102. The zero-order valence-electron chi connectivity index (χ0n) is 18.6. The Hall–Kier alpha value is -2.62. The summed E-state index contributed by atoms with van der Waals surface area (Å²) in [6, 6.07) is 10.6. The van der Waals surface area contributed by atoms with Crippen molar-refractivity contribution < 1.29 is 17.9 Å². The van der Waals surface area contributed by atoms with Crippen molar-refractivity contribution in [3.05, 3.63) is 53.1 Å². The highest BCUT2D eigenvalue weighted by molar-refractivity contribution is 7.92. The first-order valence-corrected chi connectivity index (χ1v) is 12.4. The molecule has 2 N–H and O–H groups in total. The van der Waals surface area contributed by atoms with Crippen molar-refractivity contribution in [1.29, 1.82) is 0 Å². The smallest absolute Gasteiger partial charge is 0.262 e. The molecule has 2 aliphatic heterocycles. The number of morpholine rings is 1. The average Bonchev–Trinajstić information content (AvgIpc) is 2.81. The zero-order chi connectivity index (χ0) is 22.7. The van der Waals surface area contributed by atoms with Gasteiger partial charge < -0.3 is 19.9 Å².